The van der Waals surface area contributed by atoms with E-state index in [1.54, 1.807) is 6.08 Å². The summed E-state index contributed by atoms with van der Waals surface area (Å²) in [6.45, 7) is 7.81. The summed E-state index contributed by atoms with van der Waals surface area (Å²) in [5.41, 5.74) is 4.30. The summed E-state index contributed by atoms with van der Waals surface area (Å²) in [7, 11) is 0. The van der Waals surface area contributed by atoms with Crippen molar-refractivity contribution in [2.24, 2.45) is 5.92 Å². The van der Waals surface area contributed by atoms with Crippen LogP contribution in [0.25, 0.3) is 0 Å². The van der Waals surface area contributed by atoms with E-state index in [9.17, 15) is 9.59 Å². The lowest BCUT2D eigenvalue weighted by atomic mass is 9.94. The number of aromatic nitrogens is 1. The Balaban J connectivity index is 1.61. The van der Waals surface area contributed by atoms with Crippen molar-refractivity contribution in [3.05, 3.63) is 71.1 Å². The van der Waals surface area contributed by atoms with Crippen LogP contribution >= 0.6 is 11.8 Å². The number of hydrogen-bond donors (Lipinski definition) is 1. The van der Waals surface area contributed by atoms with Crippen LogP contribution in [0.5, 0.6) is 0 Å². The number of nitrogens with zero attached hydrogens (tertiary/aromatic N) is 2. The molecule has 1 aliphatic rings. The molecule has 0 saturated carbocycles. The minimum absolute atomic E-state index is 0.00675. The Morgan fingerprint density at radius 1 is 1.27 bits per heavy atom. The maximum absolute atomic E-state index is 12.4. The van der Waals surface area contributed by atoms with E-state index >= 15 is 0 Å². The first-order valence-corrected chi connectivity index (χ1v) is 11.3. The fourth-order valence-electron chi connectivity index (χ4n) is 3.43. The van der Waals surface area contributed by atoms with E-state index in [1.165, 1.54) is 17.3 Å². The van der Waals surface area contributed by atoms with Crippen molar-refractivity contribution < 1.29 is 9.59 Å². The van der Waals surface area contributed by atoms with Crippen LogP contribution in [0.4, 0.5) is 0 Å². The molecule has 0 aliphatic carbocycles. The lowest BCUT2D eigenvalue weighted by molar-refractivity contribution is -0.127. The van der Waals surface area contributed by atoms with Gasteiger partial charge >= 0.3 is 0 Å². The number of rotatable bonds is 7. The lowest BCUT2D eigenvalue weighted by Gasteiger charge is -2.30. The molecule has 30 heavy (non-hydrogen) atoms. The van der Waals surface area contributed by atoms with Crippen molar-refractivity contribution in [2.45, 2.75) is 45.2 Å². The van der Waals surface area contributed by atoms with Gasteiger partial charge in [0.1, 0.15) is 0 Å². The maximum Gasteiger partial charge on any atom is 0.246 e. The number of carbonyl (C=O) groups is 2. The zero-order valence-electron chi connectivity index (χ0n) is 17.9. The molecule has 0 unspecified atom stereocenters. The summed E-state index contributed by atoms with van der Waals surface area (Å²) >= 11 is 1.53. The van der Waals surface area contributed by atoms with E-state index < -0.39 is 0 Å². The maximum atomic E-state index is 12.4. The molecule has 2 heterocycles. The Kier molecular flexibility index (Phi) is 7.69. The summed E-state index contributed by atoms with van der Waals surface area (Å²) in [6.07, 6.45) is 6.25. The Bertz CT molecular complexity index is 926. The van der Waals surface area contributed by atoms with Crippen molar-refractivity contribution in [1.29, 1.82) is 0 Å². The van der Waals surface area contributed by atoms with Gasteiger partial charge in [-0.1, -0.05) is 38.1 Å². The Labute approximate surface area is 183 Å². The standard InChI is InChI=1S/C24H29N3O2S/c1-17(2)9-10-24(29)27-12-11-21-19(15-27)13-25-18(3)22(21)14-26-23(28)16-30-20-7-5-4-6-8-20/h4-10,13,17H,11-12,14-16H2,1-3H3,(H,26,28). The van der Waals surface area contributed by atoms with E-state index in [0.717, 1.165) is 28.1 Å². The van der Waals surface area contributed by atoms with Crippen LogP contribution in [0.1, 0.15) is 36.2 Å². The van der Waals surface area contributed by atoms with Crippen LogP contribution in [-0.2, 0) is 29.1 Å². The second-order valence-corrected chi connectivity index (χ2v) is 8.87. The fourth-order valence-corrected chi connectivity index (χ4v) is 4.18. The Hall–Kier alpha value is -2.60. The molecule has 3 rings (SSSR count). The first-order valence-electron chi connectivity index (χ1n) is 10.3. The van der Waals surface area contributed by atoms with Gasteiger partial charge in [0.05, 0.1) is 5.75 Å². The Morgan fingerprint density at radius 3 is 2.77 bits per heavy atom. The zero-order valence-corrected chi connectivity index (χ0v) is 18.7. The van der Waals surface area contributed by atoms with Gasteiger partial charge in [-0.25, -0.2) is 0 Å². The molecule has 1 N–H and O–H groups in total. The monoisotopic (exact) mass is 423 g/mol. The number of pyridine rings is 1. The summed E-state index contributed by atoms with van der Waals surface area (Å²) < 4.78 is 0. The average molecular weight is 424 g/mol. The van der Waals surface area contributed by atoms with E-state index in [1.807, 2.05) is 54.4 Å². The number of thioether (sulfide) groups is 1. The van der Waals surface area contributed by atoms with Crippen LogP contribution in [0, 0.1) is 12.8 Å². The van der Waals surface area contributed by atoms with Gasteiger partial charge in [0.25, 0.3) is 0 Å². The molecule has 158 valence electrons. The van der Waals surface area contributed by atoms with Crippen LogP contribution < -0.4 is 5.32 Å². The molecule has 0 fully saturated rings. The molecule has 0 atom stereocenters. The number of allylic oxidation sites excluding steroid dienone is 1. The topological polar surface area (TPSA) is 62.3 Å². The first-order chi connectivity index (χ1) is 14.4. The number of hydrogen-bond acceptors (Lipinski definition) is 4. The summed E-state index contributed by atoms with van der Waals surface area (Å²) in [5, 5.41) is 3.04. The Morgan fingerprint density at radius 2 is 2.03 bits per heavy atom. The minimum atomic E-state index is 0.00675. The highest BCUT2D eigenvalue weighted by molar-refractivity contribution is 8.00. The predicted molar refractivity (Wildman–Crippen MR) is 121 cm³/mol. The average Bonchev–Trinajstić information content (AvgIpc) is 2.75. The number of amides is 2. The van der Waals surface area contributed by atoms with E-state index in [4.69, 9.17) is 0 Å². The molecule has 2 aromatic rings. The third kappa shape index (κ3) is 5.95. The quantitative estimate of drug-likeness (QED) is 0.542. The molecule has 1 aromatic heterocycles. The SMILES string of the molecule is Cc1ncc2c(c1CNC(=O)CSc1ccccc1)CCN(C(=O)C=CC(C)C)C2. The molecule has 0 bridgehead atoms. The highest BCUT2D eigenvalue weighted by Gasteiger charge is 2.23. The van der Waals surface area contributed by atoms with Gasteiger partial charge in [0.2, 0.25) is 11.8 Å². The van der Waals surface area contributed by atoms with E-state index in [2.05, 4.69) is 24.1 Å². The van der Waals surface area contributed by atoms with Gasteiger partial charge in [-0.3, -0.25) is 14.6 Å². The smallest absolute Gasteiger partial charge is 0.246 e. The van der Waals surface area contributed by atoms with E-state index in [-0.39, 0.29) is 11.8 Å². The number of fused-ring (bicyclic) bond motifs is 1. The number of aryl methyl sites for hydroxylation is 1. The van der Waals surface area contributed by atoms with Gasteiger partial charge < -0.3 is 10.2 Å². The highest BCUT2D eigenvalue weighted by Crippen LogP contribution is 2.24. The van der Waals surface area contributed by atoms with Crippen molar-refractivity contribution in [2.75, 3.05) is 12.3 Å². The fraction of sp³-hybridized carbons (Fsp3) is 0.375. The van der Waals surface area contributed by atoms with Gasteiger partial charge in [0, 0.05) is 36.4 Å². The molecular formula is C24H29N3O2S. The summed E-state index contributed by atoms with van der Waals surface area (Å²) in [5.74, 6) is 0.788. The number of benzene rings is 1. The lowest BCUT2D eigenvalue weighted by Crippen LogP contribution is -2.36. The normalized spacial score (nSPS) is 13.5. The minimum Gasteiger partial charge on any atom is -0.351 e. The van der Waals surface area contributed by atoms with Crippen LogP contribution in [0.15, 0.2) is 53.6 Å². The molecule has 2 amide bonds. The van der Waals surface area contributed by atoms with Crippen LogP contribution in [0.3, 0.4) is 0 Å². The molecule has 0 spiro atoms. The zero-order chi connectivity index (χ0) is 21.5. The largest absolute Gasteiger partial charge is 0.351 e. The van der Waals surface area contributed by atoms with Gasteiger partial charge in [-0.05, 0) is 54.2 Å². The summed E-state index contributed by atoms with van der Waals surface area (Å²) in [6, 6.07) is 9.91. The van der Waals surface area contributed by atoms with Crippen molar-refractivity contribution in [3.63, 3.8) is 0 Å². The van der Waals surface area contributed by atoms with Crippen molar-refractivity contribution in [1.82, 2.24) is 15.2 Å². The van der Waals surface area contributed by atoms with Crippen molar-refractivity contribution in [3.8, 4) is 0 Å². The molecule has 0 radical (unpaired) electrons. The molecule has 5 nitrogen and oxygen atoms in total. The van der Waals surface area contributed by atoms with Gasteiger partial charge in [-0.15, -0.1) is 11.8 Å². The molecule has 1 aliphatic heterocycles. The molecule has 1 aromatic carbocycles. The van der Waals surface area contributed by atoms with Gasteiger partial charge in [-0.2, -0.15) is 0 Å². The second-order valence-electron chi connectivity index (χ2n) is 7.82. The predicted octanol–water partition coefficient (Wildman–Crippen LogP) is 3.90. The molecular weight excluding hydrogens is 394 g/mol. The first kappa shape index (κ1) is 22.1. The van der Waals surface area contributed by atoms with E-state index in [0.29, 0.717) is 31.3 Å². The van der Waals surface area contributed by atoms with Crippen LogP contribution in [0.2, 0.25) is 0 Å². The third-order valence-corrected chi connectivity index (χ3v) is 6.12. The van der Waals surface area contributed by atoms with Gasteiger partial charge in [0.15, 0.2) is 0 Å². The summed E-state index contributed by atoms with van der Waals surface area (Å²) in [4.78, 5) is 32.2. The number of nitrogens with one attached hydrogen (secondary N) is 1. The van der Waals surface area contributed by atoms with Crippen LogP contribution in [-0.4, -0.2) is 34.0 Å². The van der Waals surface area contributed by atoms with Crippen molar-refractivity contribution >= 4 is 23.6 Å². The molecule has 0 saturated heterocycles. The second kappa shape index (κ2) is 10.4. The molecule has 6 heteroatoms. The highest BCUT2D eigenvalue weighted by atomic mass is 32.2. The number of carbonyl (C=O) groups excluding carboxylic acids is 2. The third-order valence-electron chi connectivity index (χ3n) is 5.11.